The minimum absolute atomic E-state index is 0.0578. The van der Waals surface area contributed by atoms with E-state index in [2.05, 4.69) is 60.9 Å². The van der Waals surface area contributed by atoms with Crippen molar-refractivity contribution >= 4 is 34.4 Å². The fraction of sp³-hybridized carbons (Fsp3) is 0.393. The lowest BCUT2D eigenvalue weighted by Gasteiger charge is -2.36. The van der Waals surface area contributed by atoms with Gasteiger partial charge in [-0.15, -0.1) is 0 Å². The van der Waals surface area contributed by atoms with Crippen molar-refractivity contribution in [3.63, 3.8) is 0 Å². The Morgan fingerprint density at radius 3 is 2.16 bits per heavy atom. The molecule has 0 radical (unpaired) electrons. The molecule has 0 saturated carbocycles. The summed E-state index contributed by atoms with van der Waals surface area (Å²) in [6, 6.07) is 16.4. The number of nitrogens with zero attached hydrogens (tertiary/aromatic N) is 6. The monoisotopic (exact) mass is 520 g/mol. The molecular formula is C28H33ClN6O2. The van der Waals surface area contributed by atoms with Gasteiger partial charge in [0, 0.05) is 51.0 Å². The third-order valence-corrected chi connectivity index (χ3v) is 7.46. The molecule has 1 fully saturated rings. The Balaban J connectivity index is 1.54. The van der Waals surface area contributed by atoms with Crippen LogP contribution in [0.1, 0.15) is 31.9 Å². The van der Waals surface area contributed by atoms with Gasteiger partial charge in [0.05, 0.1) is 6.54 Å². The normalized spacial score (nSPS) is 14.5. The number of imidazole rings is 1. The van der Waals surface area contributed by atoms with Gasteiger partial charge in [-0.05, 0) is 34.7 Å². The number of aryl methyl sites for hydroxylation is 1. The van der Waals surface area contributed by atoms with E-state index in [0.29, 0.717) is 23.7 Å². The summed E-state index contributed by atoms with van der Waals surface area (Å²) in [5.41, 5.74) is 3.61. The van der Waals surface area contributed by atoms with Crippen LogP contribution in [-0.2, 0) is 26.1 Å². The molecule has 0 amide bonds. The summed E-state index contributed by atoms with van der Waals surface area (Å²) >= 11 is 6.21. The van der Waals surface area contributed by atoms with E-state index in [1.54, 1.807) is 7.05 Å². The Morgan fingerprint density at radius 1 is 0.892 bits per heavy atom. The second-order valence-corrected chi connectivity index (χ2v) is 11.2. The summed E-state index contributed by atoms with van der Waals surface area (Å²) < 4.78 is 4.59. The summed E-state index contributed by atoms with van der Waals surface area (Å²) in [5.74, 6) is 0.707. The van der Waals surface area contributed by atoms with Gasteiger partial charge in [0.15, 0.2) is 11.2 Å². The molecule has 9 heteroatoms. The zero-order chi connectivity index (χ0) is 26.5. The Kier molecular flexibility index (Phi) is 6.40. The summed E-state index contributed by atoms with van der Waals surface area (Å²) in [6.45, 7) is 10.1. The molecule has 37 heavy (non-hydrogen) atoms. The first-order valence-corrected chi connectivity index (χ1v) is 12.9. The van der Waals surface area contributed by atoms with Gasteiger partial charge in [0.25, 0.3) is 5.56 Å². The molecular weight excluding hydrogens is 488 g/mol. The maximum atomic E-state index is 13.3. The lowest BCUT2D eigenvalue weighted by Crippen LogP contribution is -2.47. The topological polar surface area (TPSA) is 68.3 Å². The third kappa shape index (κ3) is 4.66. The summed E-state index contributed by atoms with van der Waals surface area (Å²) in [5, 5.41) is 0.718. The second kappa shape index (κ2) is 9.41. The Morgan fingerprint density at radius 2 is 1.54 bits per heavy atom. The van der Waals surface area contributed by atoms with E-state index in [-0.39, 0.29) is 16.7 Å². The minimum Gasteiger partial charge on any atom is -0.368 e. The average Bonchev–Trinajstić information content (AvgIpc) is 3.25. The predicted molar refractivity (Wildman–Crippen MR) is 150 cm³/mol. The number of rotatable bonds is 4. The quantitative estimate of drug-likeness (QED) is 0.410. The van der Waals surface area contributed by atoms with Crippen molar-refractivity contribution < 1.29 is 0 Å². The zero-order valence-corrected chi connectivity index (χ0v) is 22.8. The van der Waals surface area contributed by atoms with E-state index in [1.807, 2.05) is 22.8 Å². The molecule has 5 rings (SSSR count). The van der Waals surface area contributed by atoms with Gasteiger partial charge in [-0.1, -0.05) is 62.7 Å². The fourth-order valence-electron chi connectivity index (χ4n) is 4.96. The maximum Gasteiger partial charge on any atom is 0.332 e. The van der Waals surface area contributed by atoms with Crippen LogP contribution in [0.15, 0.2) is 58.1 Å². The van der Waals surface area contributed by atoms with Crippen LogP contribution in [-0.4, -0.2) is 44.9 Å². The van der Waals surface area contributed by atoms with Gasteiger partial charge in [0.2, 0.25) is 5.95 Å². The molecule has 2 aromatic carbocycles. The van der Waals surface area contributed by atoms with Crippen LogP contribution >= 0.6 is 11.6 Å². The molecule has 1 aliphatic rings. The first kappa shape index (κ1) is 25.1. The van der Waals surface area contributed by atoms with Crippen molar-refractivity contribution in [2.75, 3.05) is 36.0 Å². The molecule has 0 spiro atoms. The van der Waals surface area contributed by atoms with Gasteiger partial charge in [0.1, 0.15) is 0 Å². The molecule has 194 valence electrons. The molecule has 2 aromatic heterocycles. The SMILES string of the molecule is Cn1c(=O)c2c(nc(N3CCN(c4cccc(Cl)c4)CC3)n2Cc2ccc(C(C)(C)C)cc2)n(C)c1=O. The lowest BCUT2D eigenvalue weighted by molar-refractivity contribution is 0.589. The highest BCUT2D eigenvalue weighted by atomic mass is 35.5. The smallest absolute Gasteiger partial charge is 0.332 e. The third-order valence-electron chi connectivity index (χ3n) is 7.22. The van der Waals surface area contributed by atoms with Crippen LogP contribution in [0.3, 0.4) is 0 Å². The second-order valence-electron chi connectivity index (χ2n) is 10.8. The fourth-order valence-corrected chi connectivity index (χ4v) is 5.14. The molecule has 3 heterocycles. The highest BCUT2D eigenvalue weighted by Crippen LogP contribution is 2.27. The van der Waals surface area contributed by atoms with Crippen molar-refractivity contribution in [1.29, 1.82) is 0 Å². The number of benzene rings is 2. The number of hydrogen-bond donors (Lipinski definition) is 0. The van der Waals surface area contributed by atoms with Gasteiger partial charge >= 0.3 is 5.69 Å². The molecule has 0 bridgehead atoms. The van der Waals surface area contributed by atoms with Crippen LogP contribution in [0.5, 0.6) is 0 Å². The zero-order valence-electron chi connectivity index (χ0n) is 22.0. The van der Waals surface area contributed by atoms with Crippen molar-refractivity contribution in [3.8, 4) is 0 Å². The van der Waals surface area contributed by atoms with Gasteiger partial charge < -0.3 is 9.80 Å². The van der Waals surface area contributed by atoms with Crippen molar-refractivity contribution in [2.45, 2.75) is 32.7 Å². The molecule has 0 N–H and O–H groups in total. The highest BCUT2D eigenvalue weighted by Gasteiger charge is 2.26. The van der Waals surface area contributed by atoms with Crippen LogP contribution in [0, 0.1) is 0 Å². The largest absolute Gasteiger partial charge is 0.368 e. The van der Waals surface area contributed by atoms with Gasteiger partial charge in [-0.2, -0.15) is 4.98 Å². The van der Waals surface area contributed by atoms with E-state index >= 15 is 0 Å². The first-order chi connectivity index (χ1) is 17.5. The molecule has 1 aliphatic heterocycles. The first-order valence-electron chi connectivity index (χ1n) is 12.6. The molecule has 0 atom stereocenters. The van der Waals surface area contributed by atoms with E-state index < -0.39 is 0 Å². The summed E-state index contributed by atoms with van der Waals surface area (Å²) in [4.78, 5) is 35.3. The van der Waals surface area contributed by atoms with Crippen molar-refractivity contribution in [2.24, 2.45) is 14.1 Å². The summed E-state index contributed by atoms with van der Waals surface area (Å²) in [6.07, 6.45) is 0. The highest BCUT2D eigenvalue weighted by molar-refractivity contribution is 6.30. The average molecular weight is 521 g/mol. The van der Waals surface area contributed by atoms with E-state index in [1.165, 1.54) is 17.2 Å². The number of hydrogen-bond acceptors (Lipinski definition) is 5. The van der Waals surface area contributed by atoms with E-state index in [4.69, 9.17) is 16.6 Å². The van der Waals surface area contributed by atoms with Gasteiger partial charge in [-0.25, -0.2) is 4.79 Å². The van der Waals surface area contributed by atoms with Gasteiger partial charge in [-0.3, -0.25) is 18.5 Å². The maximum absolute atomic E-state index is 13.3. The van der Waals surface area contributed by atoms with E-state index in [9.17, 15) is 9.59 Å². The molecule has 4 aromatic rings. The lowest BCUT2D eigenvalue weighted by atomic mass is 9.87. The minimum atomic E-state index is -0.381. The number of aromatic nitrogens is 4. The Bertz CT molecular complexity index is 1570. The standard InChI is InChI=1S/C28H33ClN6O2/c1-28(2,3)20-11-9-19(10-12-20)18-35-23-24(31(4)27(37)32(5)25(23)36)30-26(35)34-15-13-33(14-16-34)22-8-6-7-21(29)17-22/h6-12,17H,13-16,18H2,1-5H3. The van der Waals surface area contributed by atoms with Crippen LogP contribution in [0.25, 0.3) is 11.2 Å². The number of fused-ring (bicyclic) bond motifs is 1. The van der Waals surface area contributed by atoms with Crippen LogP contribution in [0.2, 0.25) is 5.02 Å². The number of halogens is 1. The molecule has 1 saturated heterocycles. The predicted octanol–water partition coefficient (Wildman–Crippen LogP) is 3.76. The molecule has 0 unspecified atom stereocenters. The van der Waals surface area contributed by atoms with Crippen molar-refractivity contribution in [3.05, 3.63) is 85.5 Å². The van der Waals surface area contributed by atoms with Crippen LogP contribution in [0.4, 0.5) is 11.6 Å². The number of piperazine rings is 1. The molecule has 0 aliphatic carbocycles. The summed E-state index contributed by atoms with van der Waals surface area (Å²) in [7, 11) is 3.18. The van der Waals surface area contributed by atoms with E-state index in [0.717, 1.165) is 47.0 Å². The Labute approximate surface area is 221 Å². The molecule has 8 nitrogen and oxygen atoms in total. The number of anilines is 2. The van der Waals surface area contributed by atoms with Crippen LogP contribution < -0.4 is 21.0 Å². The van der Waals surface area contributed by atoms with Crippen molar-refractivity contribution in [1.82, 2.24) is 18.7 Å². The Hall–Kier alpha value is -3.52.